The van der Waals surface area contributed by atoms with Crippen molar-refractivity contribution in [3.8, 4) is 0 Å². The van der Waals surface area contributed by atoms with Gasteiger partial charge in [-0.05, 0) is 12.8 Å². The van der Waals surface area contributed by atoms with E-state index in [0.29, 0.717) is 0 Å². The minimum Gasteiger partial charge on any atom is -0.396 e. The highest BCUT2D eigenvalue weighted by atomic mass is 16.5. The topological polar surface area (TPSA) is 90.2 Å². The van der Waals surface area contributed by atoms with Crippen LogP contribution in [0.1, 0.15) is 65.2 Å². The summed E-state index contributed by atoms with van der Waals surface area (Å²) in [6.45, 7) is 4.81. The number of ether oxygens (including phenoxy) is 1. The molecule has 136 valence electrons. The second-order valence-electron chi connectivity index (χ2n) is 5.87. The van der Waals surface area contributed by atoms with E-state index in [4.69, 9.17) is 25.2 Å². The number of hydrogen-bond acceptors (Lipinski definition) is 5. The van der Waals surface area contributed by atoms with E-state index in [1.165, 1.54) is 51.4 Å². The van der Waals surface area contributed by atoms with Gasteiger partial charge in [0.2, 0.25) is 0 Å². The molecule has 0 saturated heterocycles. The summed E-state index contributed by atoms with van der Waals surface area (Å²) in [5, 5.41) is 34.0. The van der Waals surface area contributed by atoms with Crippen LogP contribution in [0.4, 0.5) is 0 Å². The van der Waals surface area contributed by atoms with E-state index in [1.807, 2.05) is 0 Å². The van der Waals surface area contributed by atoms with E-state index < -0.39 is 31.8 Å². The Kier molecular flexibility index (Phi) is 20.6. The van der Waals surface area contributed by atoms with E-state index >= 15 is 0 Å². The lowest BCUT2D eigenvalue weighted by atomic mass is 9.93. The van der Waals surface area contributed by atoms with Crippen LogP contribution in [0, 0.1) is 5.41 Å². The van der Waals surface area contributed by atoms with E-state index in [-0.39, 0.29) is 0 Å². The molecule has 0 aromatic carbocycles. The SMILES string of the molecule is CCCCCCOCCCCCC.OCC(CO)(CO)CO. The molecule has 5 nitrogen and oxygen atoms in total. The Balaban J connectivity index is 0. The third kappa shape index (κ3) is 14.7. The van der Waals surface area contributed by atoms with Gasteiger partial charge in [0.05, 0.1) is 31.8 Å². The van der Waals surface area contributed by atoms with Gasteiger partial charge in [0, 0.05) is 13.2 Å². The number of rotatable bonds is 14. The van der Waals surface area contributed by atoms with Gasteiger partial charge in [-0.1, -0.05) is 52.4 Å². The van der Waals surface area contributed by atoms with Gasteiger partial charge in [-0.25, -0.2) is 0 Å². The molecule has 0 aromatic heterocycles. The van der Waals surface area contributed by atoms with Gasteiger partial charge in [0.15, 0.2) is 0 Å². The number of aliphatic hydroxyl groups excluding tert-OH is 4. The molecular weight excluding hydrogens is 284 g/mol. The molecule has 0 spiro atoms. The Bertz CT molecular complexity index is 168. The predicted molar refractivity (Wildman–Crippen MR) is 89.9 cm³/mol. The quantitative estimate of drug-likeness (QED) is 0.368. The van der Waals surface area contributed by atoms with Gasteiger partial charge in [0.1, 0.15) is 0 Å². The van der Waals surface area contributed by atoms with Gasteiger partial charge < -0.3 is 25.2 Å². The smallest absolute Gasteiger partial charge is 0.0627 e. The summed E-state index contributed by atoms with van der Waals surface area (Å²) in [4.78, 5) is 0. The maximum atomic E-state index is 8.50. The average Bonchev–Trinajstić information content (AvgIpc) is 2.57. The first kappa shape index (κ1) is 24.1. The number of hydrogen-bond donors (Lipinski definition) is 4. The first-order valence-electron chi connectivity index (χ1n) is 8.67. The highest BCUT2D eigenvalue weighted by Crippen LogP contribution is 2.11. The van der Waals surface area contributed by atoms with Crippen molar-refractivity contribution in [3.05, 3.63) is 0 Å². The third-order valence-corrected chi connectivity index (χ3v) is 3.63. The highest BCUT2D eigenvalue weighted by molar-refractivity contribution is 4.74. The molecule has 0 radical (unpaired) electrons. The monoisotopic (exact) mass is 322 g/mol. The number of aliphatic hydroxyl groups is 4. The van der Waals surface area contributed by atoms with Crippen LogP contribution in [0.2, 0.25) is 0 Å². The minimum atomic E-state index is -1.11. The molecular formula is C17H38O5. The van der Waals surface area contributed by atoms with Crippen LogP contribution in [0.3, 0.4) is 0 Å². The van der Waals surface area contributed by atoms with Crippen molar-refractivity contribution in [2.24, 2.45) is 5.41 Å². The molecule has 0 aromatic rings. The standard InChI is InChI=1S/C12H26O.C5H12O4/c1-3-5-7-9-11-13-12-10-8-6-4-2;6-1-5(2-7,3-8)4-9/h3-12H2,1-2H3;6-9H,1-4H2. The summed E-state index contributed by atoms with van der Waals surface area (Å²) in [6, 6.07) is 0. The molecule has 0 unspecified atom stereocenters. The van der Waals surface area contributed by atoms with Gasteiger partial charge >= 0.3 is 0 Å². The van der Waals surface area contributed by atoms with E-state index in [0.717, 1.165) is 13.2 Å². The Morgan fingerprint density at radius 3 is 1.18 bits per heavy atom. The Morgan fingerprint density at radius 2 is 0.955 bits per heavy atom. The lowest BCUT2D eigenvalue weighted by molar-refractivity contribution is -0.0328. The number of unbranched alkanes of at least 4 members (excludes halogenated alkanes) is 6. The lowest BCUT2D eigenvalue weighted by Gasteiger charge is -2.23. The van der Waals surface area contributed by atoms with Crippen LogP contribution < -0.4 is 0 Å². The van der Waals surface area contributed by atoms with Gasteiger partial charge in [-0.2, -0.15) is 0 Å². The van der Waals surface area contributed by atoms with E-state index in [9.17, 15) is 0 Å². The summed E-state index contributed by atoms with van der Waals surface area (Å²) in [5.41, 5.74) is -1.11. The molecule has 5 heteroatoms. The van der Waals surface area contributed by atoms with Crippen molar-refractivity contribution in [1.29, 1.82) is 0 Å². The van der Waals surface area contributed by atoms with Crippen molar-refractivity contribution >= 4 is 0 Å². The zero-order valence-electron chi connectivity index (χ0n) is 14.6. The van der Waals surface area contributed by atoms with Crippen LogP contribution in [0.5, 0.6) is 0 Å². The van der Waals surface area contributed by atoms with Crippen molar-refractivity contribution < 1.29 is 25.2 Å². The van der Waals surface area contributed by atoms with Crippen LogP contribution in [0.15, 0.2) is 0 Å². The summed E-state index contributed by atoms with van der Waals surface area (Å²) >= 11 is 0. The van der Waals surface area contributed by atoms with Gasteiger partial charge in [-0.3, -0.25) is 0 Å². The van der Waals surface area contributed by atoms with Crippen molar-refractivity contribution in [3.63, 3.8) is 0 Å². The fourth-order valence-corrected chi connectivity index (χ4v) is 1.66. The second-order valence-corrected chi connectivity index (χ2v) is 5.87. The normalized spacial score (nSPS) is 11.2. The molecule has 0 aliphatic heterocycles. The van der Waals surface area contributed by atoms with Crippen LogP contribution >= 0.6 is 0 Å². The zero-order chi connectivity index (χ0) is 17.1. The first-order valence-corrected chi connectivity index (χ1v) is 8.67. The molecule has 0 saturated carbocycles. The Labute approximate surface area is 136 Å². The molecule has 0 fully saturated rings. The van der Waals surface area contributed by atoms with Crippen LogP contribution in [-0.4, -0.2) is 60.1 Å². The Morgan fingerprint density at radius 1 is 0.591 bits per heavy atom. The van der Waals surface area contributed by atoms with Gasteiger partial charge in [-0.15, -0.1) is 0 Å². The molecule has 0 amide bonds. The minimum absolute atomic E-state index is 0.406. The van der Waals surface area contributed by atoms with E-state index in [2.05, 4.69) is 13.8 Å². The molecule has 0 heterocycles. The zero-order valence-corrected chi connectivity index (χ0v) is 14.6. The molecule has 0 rings (SSSR count). The first-order chi connectivity index (χ1) is 10.7. The maximum absolute atomic E-state index is 8.50. The molecule has 22 heavy (non-hydrogen) atoms. The molecule has 0 atom stereocenters. The van der Waals surface area contributed by atoms with Crippen molar-refractivity contribution in [2.75, 3.05) is 39.6 Å². The maximum Gasteiger partial charge on any atom is 0.0627 e. The fraction of sp³-hybridized carbons (Fsp3) is 1.00. The van der Waals surface area contributed by atoms with Crippen molar-refractivity contribution in [1.82, 2.24) is 0 Å². The van der Waals surface area contributed by atoms with Crippen molar-refractivity contribution in [2.45, 2.75) is 65.2 Å². The fourth-order valence-electron chi connectivity index (χ4n) is 1.66. The molecule has 4 N–H and O–H groups in total. The van der Waals surface area contributed by atoms with Crippen LogP contribution in [-0.2, 0) is 4.74 Å². The highest BCUT2D eigenvalue weighted by Gasteiger charge is 2.26. The summed E-state index contributed by atoms with van der Waals surface area (Å²) in [5.74, 6) is 0. The Hall–Kier alpha value is -0.200. The molecule has 0 bridgehead atoms. The predicted octanol–water partition coefficient (Wildman–Crippen LogP) is 2.11. The summed E-state index contributed by atoms with van der Waals surface area (Å²) in [6.07, 6.45) is 10.5. The lowest BCUT2D eigenvalue weighted by Crippen LogP contribution is -2.37. The summed E-state index contributed by atoms with van der Waals surface area (Å²) < 4.78 is 5.53. The average molecular weight is 322 g/mol. The molecule has 0 aliphatic carbocycles. The van der Waals surface area contributed by atoms with E-state index in [1.54, 1.807) is 0 Å². The van der Waals surface area contributed by atoms with Crippen LogP contribution in [0.25, 0.3) is 0 Å². The second kappa shape index (κ2) is 18.8. The largest absolute Gasteiger partial charge is 0.396 e. The van der Waals surface area contributed by atoms with Gasteiger partial charge in [0.25, 0.3) is 0 Å². The third-order valence-electron chi connectivity index (χ3n) is 3.63. The molecule has 0 aliphatic rings. The summed E-state index contributed by atoms with van der Waals surface area (Å²) in [7, 11) is 0.